The molecule has 0 unspecified atom stereocenters. The highest BCUT2D eigenvalue weighted by Gasteiger charge is 2.59. The summed E-state index contributed by atoms with van der Waals surface area (Å²) < 4.78 is 0. The van der Waals surface area contributed by atoms with Crippen LogP contribution >= 0.6 is 11.6 Å². The van der Waals surface area contributed by atoms with E-state index < -0.39 is 4.92 Å². The molecule has 2 bridgehead atoms. The minimum absolute atomic E-state index is 0.0163. The van der Waals surface area contributed by atoms with Gasteiger partial charge in [-0.3, -0.25) is 19.7 Å². The Bertz CT molecular complexity index is 805. The highest BCUT2D eigenvalue weighted by Crippen LogP contribution is 2.52. The molecular formula is C16H12ClN3O4. The van der Waals surface area contributed by atoms with Gasteiger partial charge < -0.3 is 0 Å². The van der Waals surface area contributed by atoms with Gasteiger partial charge in [0, 0.05) is 11.6 Å². The summed E-state index contributed by atoms with van der Waals surface area (Å²) >= 11 is 5.76. The van der Waals surface area contributed by atoms with E-state index in [0.29, 0.717) is 5.56 Å². The molecule has 122 valence electrons. The van der Waals surface area contributed by atoms with E-state index >= 15 is 0 Å². The average Bonchev–Trinajstić information content (AvgIpc) is 3.22. The van der Waals surface area contributed by atoms with E-state index in [9.17, 15) is 19.7 Å². The van der Waals surface area contributed by atoms with E-state index in [4.69, 9.17) is 11.6 Å². The predicted octanol–water partition coefficient (Wildman–Crippen LogP) is 2.39. The third-order valence-corrected chi connectivity index (χ3v) is 5.26. The average molecular weight is 346 g/mol. The van der Waals surface area contributed by atoms with Crippen molar-refractivity contribution >= 4 is 35.3 Å². The molecule has 1 saturated carbocycles. The molecule has 0 N–H and O–H groups in total. The fourth-order valence-corrected chi connectivity index (χ4v) is 4.06. The number of hydrogen-bond acceptors (Lipinski definition) is 5. The fraction of sp³-hybridized carbons (Fsp3) is 0.312. The predicted molar refractivity (Wildman–Crippen MR) is 85.3 cm³/mol. The van der Waals surface area contributed by atoms with Crippen LogP contribution in [0.3, 0.4) is 0 Å². The van der Waals surface area contributed by atoms with E-state index in [0.717, 1.165) is 11.4 Å². The highest BCUT2D eigenvalue weighted by molar-refractivity contribution is 6.32. The summed E-state index contributed by atoms with van der Waals surface area (Å²) in [5.41, 5.74) is 0.142. The Balaban J connectivity index is 1.59. The molecule has 2 aliphatic carbocycles. The lowest BCUT2D eigenvalue weighted by molar-refractivity contribution is -0.384. The first-order valence-corrected chi connectivity index (χ1v) is 7.89. The quantitative estimate of drug-likeness (QED) is 0.276. The lowest BCUT2D eigenvalue weighted by Crippen LogP contribution is -2.28. The second-order valence-electron chi connectivity index (χ2n) is 6.20. The van der Waals surface area contributed by atoms with Crippen molar-refractivity contribution in [1.82, 2.24) is 5.01 Å². The molecule has 0 aromatic heterocycles. The van der Waals surface area contributed by atoms with E-state index in [1.54, 1.807) is 0 Å². The Hall–Kier alpha value is -2.54. The maximum absolute atomic E-state index is 12.5. The van der Waals surface area contributed by atoms with Crippen molar-refractivity contribution in [2.75, 3.05) is 0 Å². The van der Waals surface area contributed by atoms with Crippen molar-refractivity contribution in [3.8, 4) is 0 Å². The van der Waals surface area contributed by atoms with Crippen LogP contribution in [0.25, 0.3) is 0 Å². The number of carbonyl (C=O) groups excluding carboxylic acids is 2. The number of hydrogen-bond donors (Lipinski definition) is 0. The Morgan fingerprint density at radius 3 is 2.42 bits per heavy atom. The molecule has 1 saturated heterocycles. The Labute approximate surface area is 141 Å². The van der Waals surface area contributed by atoms with E-state index in [2.05, 4.69) is 5.10 Å². The summed E-state index contributed by atoms with van der Waals surface area (Å²) in [6, 6.07) is 4.17. The van der Waals surface area contributed by atoms with Gasteiger partial charge in [-0.2, -0.15) is 10.1 Å². The van der Waals surface area contributed by atoms with Crippen LogP contribution in [0, 0.1) is 33.8 Å². The van der Waals surface area contributed by atoms with Gasteiger partial charge in [0.25, 0.3) is 17.5 Å². The minimum Gasteiger partial charge on any atom is -0.272 e. The molecule has 4 rings (SSSR count). The molecule has 1 aromatic carbocycles. The standard InChI is InChI=1S/C16H12ClN3O4/c17-11-4-1-8(5-12(11)20(23)24)7-18-19-15(21)13-9-2-3-10(6-9)14(13)16(19)22/h1-5,7,9-10,13-14H,6H2/b18-7-/t9-,10-,13-,14+/m0/s1. The molecule has 3 aliphatic rings. The number of fused-ring (bicyclic) bond motifs is 5. The number of halogens is 1. The van der Waals surface area contributed by atoms with Gasteiger partial charge in [0.2, 0.25) is 0 Å². The maximum atomic E-state index is 12.5. The van der Waals surface area contributed by atoms with Crippen LogP contribution < -0.4 is 0 Å². The summed E-state index contributed by atoms with van der Waals surface area (Å²) in [6.45, 7) is 0. The van der Waals surface area contributed by atoms with Crippen molar-refractivity contribution in [2.24, 2.45) is 28.8 Å². The van der Waals surface area contributed by atoms with Crippen LogP contribution in [0.2, 0.25) is 5.02 Å². The van der Waals surface area contributed by atoms with E-state index in [-0.39, 0.29) is 46.2 Å². The number of rotatable bonds is 3. The molecule has 4 atom stereocenters. The normalized spacial score (nSPS) is 30.6. The summed E-state index contributed by atoms with van der Waals surface area (Å²) in [6.07, 6.45) is 6.14. The number of amides is 2. The first-order chi connectivity index (χ1) is 11.5. The van der Waals surface area contributed by atoms with Crippen molar-refractivity contribution < 1.29 is 14.5 Å². The van der Waals surface area contributed by atoms with Gasteiger partial charge in [0.1, 0.15) is 5.02 Å². The summed E-state index contributed by atoms with van der Waals surface area (Å²) in [5, 5.41) is 15.8. The summed E-state index contributed by atoms with van der Waals surface area (Å²) in [7, 11) is 0. The number of carbonyl (C=O) groups is 2. The number of hydrazone groups is 1. The number of nitro benzene ring substituents is 1. The molecule has 0 radical (unpaired) electrons. The molecule has 8 heteroatoms. The van der Waals surface area contributed by atoms with Gasteiger partial charge in [-0.15, -0.1) is 0 Å². The summed E-state index contributed by atoms with van der Waals surface area (Å²) in [5.74, 6) is -0.974. The zero-order valence-electron chi connectivity index (χ0n) is 12.3. The van der Waals surface area contributed by atoms with E-state index in [1.807, 2.05) is 12.2 Å². The van der Waals surface area contributed by atoms with Crippen LogP contribution in [0.15, 0.2) is 35.5 Å². The van der Waals surface area contributed by atoms with Crippen LogP contribution in [0.1, 0.15) is 12.0 Å². The van der Waals surface area contributed by atoms with Gasteiger partial charge in [-0.25, -0.2) is 0 Å². The van der Waals surface area contributed by atoms with Crippen molar-refractivity contribution in [1.29, 1.82) is 0 Å². The van der Waals surface area contributed by atoms with Crippen molar-refractivity contribution in [3.63, 3.8) is 0 Å². The third kappa shape index (κ3) is 2.08. The van der Waals surface area contributed by atoms with Crippen LogP contribution in [0.5, 0.6) is 0 Å². The Kier molecular flexibility index (Phi) is 3.28. The van der Waals surface area contributed by atoms with Crippen molar-refractivity contribution in [3.05, 3.63) is 51.1 Å². The number of allylic oxidation sites excluding steroid dienone is 2. The molecule has 24 heavy (non-hydrogen) atoms. The van der Waals surface area contributed by atoms with Crippen LogP contribution in [-0.4, -0.2) is 28.0 Å². The van der Waals surface area contributed by atoms with Gasteiger partial charge in [-0.05, 0) is 24.3 Å². The molecular weight excluding hydrogens is 334 g/mol. The summed E-state index contributed by atoms with van der Waals surface area (Å²) in [4.78, 5) is 35.2. The number of nitro groups is 1. The molecule has 7 nitrogen and oxygen atoms in total. The number of benzene rings is 1. The molecule has 1 heterocycles. The molecule has 2 fully saturated rings. The fourth-order valence-electron chi connectivity index (χ4n) is 3.87. The largest absolute Gasteiger partial charge is 0.288 e. The van der Waals surface area contributed by atoms with Gasteiger partial charge in [0.15, 0.2) is 0 Å². The number of nitrogens with zero attached hydrogens (tertiary/aromatic N) is 3. The van der Waals surface area contributed by atoms with Gasteiger partial charge in [-0.1, -0.05) is 29.8 Å². The second-order valence-corrected chi connectivity index (χ2v) is 6.61. The molecule has 2 amide bonds. The zero-order chi connectivity index (χ0) is 17.0. The minimum atomic E-state index is -0.598. The molecule has 0 spiro atoms. The zero-order valence-corrected chi connectivity index (χ0v) is 13.1. The Morgan fingerprint density at radius 1 is 1.21 bits per heavy atom. The second kappa shape index (κ2) is 5.24. The molecule has 1 aliphatic heterocycles. The van der Waals surface area contributed by atoms with Gasteiger partial charge >= 0.3 is 0 Å². The maximum Gasteiger partial charge on any atom is 0.288 e. The smallest absolute Gasteiger partial charge is 0.272 e. The topological polar surface area (TPSA) is 92.9 Å². The lowest BCUT2D eigenvalue weighted by Gasteiger charge is -2.13. The molecule has 1 aromatic rings. The first kappa shape index (κ1) is 15.0. The Morgan fingerprint density at radius 2 is 1.83 bits per heavy atom. The SMILES string of the molecule is O=C1[C@@H]2[C@H](C(=O)N1/N=C\c1ccc(Cl)c([N+](=O)[O-])c1)[C@H]1C=C[C@H]2C1. The van der Waals surface area contributed by atoms with E-state index in [1.165, 1.54) is 24.4 Å². The van der Waals surface area contributed by atoms with Crippen LogP contribution in [0.4, 0.5) is 5.69 Å². The monoisotopic (exact) mass is 345 g/mol. The van der Waals surface area contributed by atoms with Gasteiger partial charge in [0.05, 0.1) is 23.0 Å². The third-order valence-electron chi connectivity index (χ3n) is 4.94. The van der Waals surface area contributed by atoms with Crippen LogP contribution in [-0.2, 0) is 9.59 Å². The number of imide groups is 1. The highest BCUT2D eigenvalue weighted by atomic mass is 35.5. The lowest BCUT2D eigenvalue weighted by atomic mass is 9.85. The van der Waals surface area contributed by atoms with Crippen molar-refractivity contribution in [2.45, 2.75) is 6.42 Å². The first-order valence-electron chi connectivity index (χ1n) is 7.51.